The third-order valence-electron chi connectivity index (χ3n) is 2.88. The molecule has 0 unspecified atom stereocenters. The van der Waals surface area contributed by atoms with Crippen molar-refractivity contribution in [1.82, 2.24) is 14.8 Å². The number of nitrogen functional groups attached to an aromatic ring is 1. The molecule has 7 heteroatoms. The van der Waals surface area contributed by atoms with Crippen LogP contribution < -0.4 is 5.73 Å². The van der Waals surface area contributed by atoms with E-state index < -0.39 is 0 Å². The maximum Gasteiger partial charge on any atom is 0.313 e. The first-order valence-corrected chi connectivity index (χ1v) is 6.05. The number of nitrogens with two attached hydrogens (primary N) is 1. The molecule has 19 heavy (non-hydrogen) atoms. The van der Waals surface area contributed by atoms with Crippen LogP contribution in [0.4, 0.5) is 11.5 Å². The quantitative estimate of drug-likeness (QED) is 0.669. The molecule has 0 aliphatic rings. The van der Waals surface area contributed by atoms with Crippen molar-refractivity contribution in [3.05, 3.63) is 39.8 Å². The summed E-state index contributed by atoms with van der Waals surface area (Å²) < 4.78 is 1.58. The van der Waals surface area contributed by atoms with E-state index in [1.54, 1.807) is 23.0 Å². The first-order chi connectivity index (χ1) is 9.08. The molecular formula is C12H15N5O2. The fourth-order valence-electron chi connectivity index (χ4n) is 2.04. The molecule has 0 bridgehead atoms. The van der Waals surface area contributed by atoms with Gasteiger partial charge in [-0.05, 0) is 18.9 Å². The van der Waals surface area contributed by atoms with Gasteiger partial charge in [0.2, 0.25) is 0 Å². The summed E-state index contributed by atoms with van der Waals surface area (Å²) in [4.78, 5) is 14.7. The zero-order chi connectivity index (χ0) is 14.0. The predicted octanol–water partition coefficient (Wildman–Crippen LogP) is 1.88. The first kappa shape index (κ1) is 13.0. The van der Waals surface area contributed by atoms with E-state index >= 15 is 0 Å². The van der Waals surface area contributed by atoms with Crippen LogP contribution in [0.5, 0.6) is 0 Å². The molecule has 0 aliphatic carbocycles. The largest absolute Gasteiger partial charge is 0.384 e. The number of nitro groups is 1. The molecule has 0 aromatic carbocycles. The molecular weight excluding hydrogens is 246 g/mol. The fraction of sp³-hybridized carbons (Fsp3) is 0.333. The van der Waals surface area contributed by atoms with E-state index in [0.717, 1.165) is 0 Å². The van der Waals surface area contributed by atoms with Crippen molar-refractivity contribution in [2.24, 2.45) is 0 Å². The molecule has 2 aromatic heterocycles. The number of rotatable bonds is 4. The van der Waals surface area contributed by atoms with Crippen LogP contribution in [-0.2, 0) is 12.8 Å². The monoisotopic (exact) mass is 261 g/mol. The molecule has 100 valence electrons. The number of aromatic nitrogens is 3. The Morgan fingerprint density at radius 1 is 1.42 bits per heavy atom. The van der Waals surface area contributed by atoms with Gasteiger partial charge in [-0.15, -0.1) is 0 Å². The van der Waals surface area contributed by atoms with Crippen molar-refractivity contribution in [3.8, 4) is 5.69 Å². The van der Waals surface area contributed by atoms with E-state index in [1.807, 2.05) is 13.8 Å². The predicted molar refractivity (Wildman–Crippen MR) is 71.2 cm³/mol. The Balaban J connectivity index is 2.67. The van der Waals surface area contributed by atoms with Gasteiger partial charge in [0, 0.05) is 12.3 Å². The van der Waals surface area contributed by atoms with E-state index in [2.05, 4.69) is 10.1 Å². The minimum Gasteiger partial charge on any atom is -0.384 e. The maximum atomic E-state index is 11.2. The van der Waals surface area contributed by atoms with E-state index in [9.17, 15) is 10.1 Å². The van der Waals surface area contributed by atoms with Gasteiger partial charge < -0.3 is 5.73 Å². The SMILES string of the molecule is CCc1nn(-c2ccnc(N)c2)c(CC)c1[N+](=O)[O-]. The van der Waals surface area contributed by atoms with Crippen molar-refractivity contribution in [1.29, 1.82) is 0 Å². The number of nitrogens with zero attached hydrogens (tertiary/aromatic N) is 4. The first-order valence-electron chi connectivity index (χ1n) is 6.05. The standard InChI is InChI=1S/C12H15N5O2/c1-3-9-12(17(18)19)10(4-2)16(15-9)8-5-6-14-11(13)7-8/h5-7H,3-4H2,1-2H3,(H2,13,14). The summed E-state index contributed by atoms with van der Waals surface area (Å²) in [6.45, 7) is 3.71. The second-order valence-electron chi connectivity index (χ2n) is 4.06. The molecule has 2 aromatic rings. The average Bonchev–Trinajstić information content (AvgIpc) is 2.77. The molecule has 0 aliphatic heterocycles. The van der Waals surface area contributed by atoms with Gasteiger partial charge in [-0.3, -0.25) is 10.1 Å². The fourth-order valence-corrected chi connectivity index (χ4v) is 2.04. The highest BCUT2D eigenvalue weighted by molar-refractivity contribution is 5.48. The minimum atomic E-state index is -0.369. The average molecular weight is 261 g/mol. The summed E-state index contributed by atoms with van der Waals surface area (Å²) in [5.74, 6) is 0.357. The van der Waals surface area contributed by atoms with Crippen molar-refractivity contribution >= 4 is 11.5 Å². The Labute approximate surface area is 110 Å². The van der Waals surface area contributed by atoms with Crippen molar-refractivity contribution in [2.75, 3.05) is 5.73 Å². The smallest absolute Gasteiger partial charge is 0.313 e. The summed E-state index contributed by atoms with van der Waals surface area (Å²) in [5, 5.41) is 15.5. The summed E-state index contributed by atoms with van der Waals surface area (Å²) in [6.07, 6.45) is 2.59. The number of aryl methyl sites for hydroxylation is 1. The Bertz CT molecular complexity index is 621. The van der Waals surface area contributed by atoms with E-state index in [4.69, 9.17) is 5.73 Å². The lowest BCUT2D eigenvalue weighted by atomic mass is 10.2. The highest BCUT2D eigenvalue weighted by atomic mass is 16.6. The third kappa shape index (κ3) is 2.26. The second kappa shape index (κ2) is 5.05. The summed E-state index contributed by atoms with van der Waals surface area (Å²) in [6, 6.07) is 3.38. The minimum absolute atomic E-state index is 0.0976. The molecule has 2 rings (SSSR count). The van der Waals surface area contributed by atoms with Crippen LogP contribution in [0.25, 0.3) is 5.69 Å². The number of anilines is 1. The molecule has 0 atom stereocenters. The van der Waals surface area contributed by atoms with E-state index in [0.29, 0.717) is 35.7 Å². The van der Waals surface area contributed by atoms with Gasteiger partial charge in [0.05, 0.1) is 10.6 Å². The third-order valence-corrected chi connectivity index (χ3v) is 2.88. The summed E-state index contributed by atoms with van der Waals surface area (Å²) in [7, 11) is 0. The lowest BCUT2D eigenvalue weighted by Gasteiger charge is -2.05. The molecule has 2 heterocycles. The van der Waals surface area contributed by atoms with Crippen LogP contribution in [-0.4, -0.2) is 19.7 Å². The zero-order valence-electron chi connectivity index (χ0n) is 10.8. The van der Waals surface area contributed by atoms with E-state index in [1.165, 1.54) is 0 Å². The molecule has 0 amide bonds. The van der Waals surface area contributed by atoms with Gasteiger partial charge in [0.15, 0.2) is 0 Å². The Kier molecular flexibility index (Phi) is 3.46. The van der Waals surface area contributed by atoms with Crippen LogP contribution >= 0.6 is 0 Å². The van der Waals surface area contributed by atoms with Gasteiger partial charge in [-0.2, -0.15) is 5.10 Å². The van der Waals surface area contributed by atoms with Crippen LogP contribution in [0.15, 0.2) is 18.3 Å². The normalized spacial score (nSPS) is 10.6. The number of hydrogen-bond donors (Lipinski definition) is 1. The maximum absolute atomic E-state index is 11.2. The molecule has 0 radical (unpaired) electrons. The van der Waals surface area contributed by atoms with Crippen LogP contribution in [0.2, 0.25) is 0 Å². The van der Waals surface area contributed by atoms with E-state index in [-0.39, 0.29) is 10.6 Å². The Morgan fingerprint density at radius 3 is 2.68 bits per heavy atom. The van der Waals surface area contributed by atoms with Gasteiger partial charge >= 0.3 is 5.69 Å². The molecule has 0 fully saturated rings. The Morgan fingerprint density at radius 2 is 2.16 bits per heavy atom. The lowest BCUT2D eigenvalue weighted by molar-refractivity contribution is -0.386. The molecule has 2 N–H and O–H groups in total. The van der Waals surface area contributed by atoms with Gasteiger partial charge in [-0.25, -0.2) is 9.67 Å². The molecule has 0 spiro atoms. The van der Waals surface area contributed by atoms with Crippen molar-refractivity contribution in [3.63, 3.8) is 0 Å². The zero-order valence-corrected chi connectivity index (χ0v) is 10.8. The van der Waals surface area contributed by atoms with Gasteiger partial charge in [0.25, 0.3) is 0 Å². The lowest BCUT2D eigenvalue weighted by Crippen LogP contribution is -2.04. The topological polar surface area (TPSA) is 99.9 Å². The Hall–Kier alpha value is -2.44. The summed E-state index contributed by atoms with van der Waals surface area (Å²) >= 11 is 0. The number of hydrogen-bond acceptors (Lipinski definition) is 5. The van der Waals surface area contributed by atoms with Crippen LogP contribution in [0.1, 0.15) is 25.2 Å². The summed E-state index contributed by atoms with van der Waals surface area (Å²) in [5.41, 5.74) is 7.48. The van der Waals surface area contributed by atoms with Crippen molar-refractivity contribution < 1.29 is 4.92 Å². The molecule has 7 nitrogen and oxygen atoms in total. The number of pyridine rings is 1. The van der Waals surface area contributed by atoms with Crippen molar-refractivity contribution in [2.45, 2.75) is 26.7 Å². The highest BCUT2D eigenvalue weighted by Crippen LogP contribution is 2.27. The second-order valence-corrected chi connectivity index (χ2v) is 4.06. The molecule has 0 saturated heterocycles. The van der Waals surface area contributed by atoms with Gasteiger partial charge in [0.1, 0.15) is 17.2 Å². The van der Waals surface area contributed by atoms with Crippen LogP contribution in [0, 0.1) is 10.1 Å². The van der Waals surface area contributed by atoms with Crippen LogP contribution in [0.3, 0.4) is 0 Å². The highest BCUT2D eigenvalue weighted by Gasteiger charge is 2.25. The molecule has 0 saturated carbocycles. The van der Waals surface area contributed by atoms with Gasteiger partial charge in [-0.1, -0.05) is 13.8 Å².